The van der Waals surface area contributed by atoms with E-state index < -0.39 is 17.7 Å². The highest BCUT2D eigenvalue weighted by atomic mass is 32.1. The number of carbonyl (C=O) groups excluding carboxylic acids is 1. The predicted molar refractivity (Wildman–Crippen MR) is 86.4 cm³/mol. The number of amidine groups is 1. The molecule has 2 aromatic rings. The Bertz CT molecular complexity index is 863. The van der Waals surface area contributed by atoms with Crippen LogP contribution in [0.15, 0.2) is 29.4 Å². The number of hydrogen-bond donors (Lipinski definition) is 1. The fraction of sp³-hybridized carbons (Fsp3) is 0.312. The molecule has 118 valence electrons. The largest absolute Gasteiger partial charge is 0.374 e. The first-order valence-corrected chi connectivity index (χ1v) is 8.04. The maximum atomic E-state index is 14.6. The number of carbonyl (C=O) groups is 1. The summed E-state index contributed by atoms with van der Waals surface area (Å²) in [5.41, 5.74) is -0.174. The summed E-state index contributed by atoms with van der Waals surface area (Å²) in [6.07, 6.45) is -0.301. The second kappa shape index (κ2) is 4.69. The summed E-state index contributed by atoms with van der Waals surface area (Å²) in [6, 6.07) is 5.19. The van der Waals surface area contributed by atoms with Crippen molar-refractivity contribution in [2.45, 2.75) is 32.2 Å². The number of aryl methyl sites for hydroxylation is 2. The summed E-state index contributed by atoms with van der Waals surface area (Å²) in [4.78, 5) is 22.5. The van der Waals surface area contributed by atoms with E-state index in [1.807, 2.05) is 13.8 Å². The summed E-state index contributed by atoms with van der Waals surface area (Å²) in [6.45, 7) is 3.71. The molecule has 0 amide bonds. The standard InChI is InChI=1S/C16H14FN3O2S/c1-8-3-4-10-11(5-8)19-15-16(22,14(10)21)6-12(17)20(15)13-7-18-9(2)23-13/h3-5,7,12,22H,6H2,1-2H3/t12-,16?/m1/s1. The number of hydrogen-bond acceptors (Lipinski definition) is 6. The highest BCUT2D eigenvalue weighted by Gasteiger charge is 2.57. The second-order valence-electron chi connectivity index (χ2n) is 5.87. The van der Waals surface area contributed by atoms with Gasteiger partial charge in [-0.2, -0.15) is 0 Å². The molecule has 23 heavy (non-hydrogen) atoms. The lowest BCUT2D eigenvalue weighted by atomic mass is 9.87. The molecule has 1 N–H and O–H groups in total. The van der Waals surface area contributed by atoms with E-state index in [9.17, 15) is 14.3 Å². The van der Waals surface area contributed by atoms with Crippen molar-refractivity contribution in [1.29, 1.82) is 0 Å². The molecule has 0 aliphatic carbocycles. The normalized spacial score (nSPS) is 26.1. The molecule has 0 spiro atoms. The molecule has 2 atom stereocenters. The number of anilines is 1. The Kier molecular flexibility index (Phi) is 2.95. The molecular weight excluding hydrogens is 317 g/mol. The van der Waals surface area contributed by atoms with Crippen LogP contribution in [0.25, 0.3) is 0 Å². The third-order valence-corrected chi connectivity index (χ3v) is 5.10. The van der Waals surface area contributed by atoms with Gasteiger partial charge in [0.15, 0.2) is 17.7 Å². The second-order valence-corrected chi connectivity index (χ2v) is 7.08. The van der Waals surface area contributed by atoms with E-state index in [1.165, 1.54) is 22.4 Å². The predicted octanol–water partition coefficient (Wildman–Crippen LogP) is 2.92. The van der Waals surface area contributed by atoms with Crippen molar-refractivity contribution in [3.05, 3.63) is 40.5 Å². The van der Waals surface area contributed by atoms with Crippen molar-refractivity contribution in [2.24, 2.45) is 4.99 Å². The first kappa shape index (κ1) is 14.5. The van der Waals surface area contributed by atoms with Gasteiger partial charge < -0.3 is 5.11 Å². The molecule has 1 fully saturated rings. The van der Waals surface area contributed by atoms with Crippen molar-refractivity contribution in [2.75, 3.05) is 4.90 Å². The van der Waals surface area contributed by atoms with Gasteiger partial charge >= 0.3 is 0 Å². The Hall–Kier alpha value is -2.12. The number of rotatable bonds is 1. The quantitative estimate of drug-likeness (QED) is 0.816. The lowest BCUT2D eigenvalue weighted by molar-refractivity contribution is 0.0549. The number of fused-ring (bicyclic) bond motifs is 2. The van der Waals surface area contributed by atoms with Gasteiger partial charge in [0, 0.05) is 12.0 Å². The van der Waals surface area contributed by atoms with Crippen LogP contribution in [0.4, 0.5) is 15.1 Å². The molecule has 1 aromatic carbocycles. The molecule has 1 saturated heterocycles. The van der Waals surface area contributed by atoms with Crippen LogP contribution in [0.3, 0.4) is 0 Å². The zero-order valence-electron chi connectivity index (χ0n) is 12.6. The number of Topliss-reactive ketones (excluding diaryl/α,β-unsaturated/α-hetero) is 1. The lowest BCUT2D eigenvalue weighted by Crippen LogP contribution is -2.48. The molecule has 0 bridgehead atoms. The summed E-state index contributed by atoms with van der Waals surface area (Å²) in [5, 5.41) is 12.1. The number of ketones is 1. The van der Waals surface area contributed by atoms with Crippen molar-refractivity contribution in [1.82, 2.24) is 4.98 Å². The minimum atomic E-state index is -1.92. The van der Waals surface area contributed by atoms with E-state index >= 15 is 0 Å². The summed E-state index contributed by atoms with van der Waals surface area (Å²) < 4.78 is 14.6. The summed E-state index contributed by atoms with van der Waals surface area (Å²) >= 11 is 1.30. The van der Waals surface area contributed by atoms with E-state index in [4.69, 9.17) is 0 Å². The molecule has 1 aromatic heterocycles. The number of nitrogens with zero attached hydrogens (tertiary/aromatic N) is 3. The summed E-state index contributed by atoms with van der Waals surface area (Å²) in [7, 11) is 0. The molecular formula is C16H14FN3O2S. The topological polar surface area (TPSA) is 65.8 Å². The maximum absolute atomic E-state index is 14.6. The smallest absolute Gasteiger partial charge is 0.204 e. The molecule has 7 heteroatoms. The van der Waals surface area contributed by atoms with Crippen LogP contribution < -0.4 is 4.90 Å². The van der Waals surface area contributed by atoms with Gasteiger partial charge in [0.05, 0.1) is 16.9 Å². The van der Waals surface area contributed by atoms with Crippen LogP contribution >= 0.6 is 11.3 Å². The molecule has 3 heterocycles. The van der Waals surface area contributed by atoms with Gasteiger partial charge in [0.25, 0.3) is 0 Å². The van der Waals surface area contributed by atoms with Crippen LogP contribution in [-0.2, 0) is 0 Å². The molecule has 4 rings (SSSR count). The number of aromatic nitrogens is 1. The van der Waals surface area contributed by atoms with Gasteiger partial charge in [-0.25, -0.2) is 14.4 Å². The van der Waals surface area contributed by atoms with Crippen molar-refractivity contribution in [3.63, 3.8) is 0 Å². The van der Waals surface area contributed by atoms with E-state index in [0.717, 1.165) is 10.6 Å². The maximum Gasteiger partial charge on any atom is 0.204 e. The van der Waals surface area contributed by atoms with E-state index in [1.54, 1.807) is 18.2 Å². The number of aliphatic hydroxyl groups is 1. The van der Waals surface area contributed by atoms with E-state index in [0.29, 0.717) is 16.3 Å². The Morgan fingerprint density at radius 2 is 2.22 bits per heavy atom. The number of alkyl halides is 1. The first-order chi connectivity index (χ1) is 10.9. The molecule has 5 nitrogen and oxygen atoms in total. The van der Waals surface area contributed by atoms with Gasteiger partial charge in [-0.15, -0.1) is 11.3 Å². The third kappa shape index (κ3) is 1.96. The van der Waals surface area contributed by atoms with Gasteiger partial charge in [-0.05, 0) is 31.5 Å². The highest BCUT2D eigenvalue weighted by molar-refractivity contribution is 7.15. The number of thiazole rings is 1. The Morgan fingerprint density at radius 1 is 1.43 bits per heavy atom. The average Bonchev–Trinajstić information content (AvgIpc) is 3.01. The van der Waals surface area contributed by atoms with Crippen LogP contribution in [0.5, 0.6) is 0 Å². The fourth-order valence-electron chi connectivity index (χ4n) is 3.07. The van der Waals surface area contributed by atoms with Crippen molar-refractivity contribution >= 4 is 33.6 Å². The van der Waals surface area contributed by atoms with E-state index in [2.05, 4.69) is 9.98 Å². The lowest BCUT2D eigenvalue weighted by Gasteiger charge is -2.28. The molecule has 2 aliphatic rings. The monoisotopic (exact) mass is 331 g/mol. The zero-order chi connectivity index (χ0) is 16.4. The van der Waals surface area contributed by atoms with Gasteiger partial charge in [-0.1, -0.05) is 6.07 Å². The number of aliphatic imine (C=N–C) groups is 1. The van der Waals surface area contributed by atoms with Crippen LogP contribution in [0.2, 0.25) is 0 Å². The number of benzene rings is 1. The van der Waals surface area contributed by atoms with Crippen molar-refractivity contribution in [3.8, 4) is 0 Å². The van der Waals surface area contributed by atoms with Crippen LogP contribution in [-0.4, -0.2) is 33.6 Å². The fourth-order valence-corrected chi connectivity index (χ4v) is 3.88. The van der Waals surface area contributed by atoms with Gasteiger partial charge in [0.1, 0.15) is 5.00 Å². The average molecular weight is 331 g/mol. The first-order valence-electron chi connectivity index (χ1n) is 7.23. The summed E-state index contributed by atoms with van der Waals surface area (Å²) in [5.74, 6) is -0.444. The van der Waals surface area contributed by atoms with Gasteiger partial charge in [-0.3, -0.25) is 9.69 Å². The Morgan fingerprint density at radius 3 is 2.91 bits per heavy atom. The molecule has 0 saturated carbocycles. The van der Waals surface area contributed by atoms with Crippen LogP contribution in [0, 0.1) is 13.8 Å². The number of halogens is 1. The molecule has 2 aliphatic heterocycles. The van der Waals surface area contributed by atoms with Gasteiger partial charge in [0.2, 0.25) is 5.78 Å². The Labute approximate surface area is 136 Å². The molecule has 1 unspecified atom stereocenters. The minimum absolute atomic E-state index is 0.0525. The highest BCUT2D eigenvalue weighted by Crippen LogP contribution is 2.43. The molecule has 0 radical (unpaired) electrons. The SMILES string of the molecule is Cc1ccc2c(c1)N=C1N(c3cnc(C)s3)[C@@H](F)CC1(O)C2=O. The third-order valence-electron chi connectivity index (χ3n) is 4.19. The van der Waals surface area contributed by atoms with Crippen LogP contribution in [0.1, 0.15) is 27.3 Å². The zero-order valence-corrected chi connectivity index (χ0v) is 13.4. The minimum Gasteiger partial charge on any atom is -0.374 e. The Balaban J connectivity index is 1.92. The van der Waals surface area contributed by atoms with Crippen molar-refractivity contribution < 1.29 is 14.3 Å². The van der Waals surface area contributed by atoms with E-state index in [-0.39, 0.29) is 12.3 Å².